The first kappa shape index (κ1) is 48.3. The molecular weight excluding hydrogens is 866 g/mol. The van der Waals surface area contributed by atoms with Crippen LogP contribution >= 0.6 is 0 Å². The van der Waals surface area contributed by atoms with E-state index in [0.29, 0.717) is 11.1 Å². The Hall–Kier alpha value is -4.65. The number of allylic oxidation sites excluding steroid dienone is 1. The number of esters is 2. The Kier molecular flexibility index (Phi) is 15.5. The van der Waals surface area contributed by atoms with Crippen LogP contribution in [0.4, 0.5) is 0 Å². The highest BCUT2D eigenvalue weighted by Crippen LogP contribution is 2.45. The maximum Gasteiger partial charge on any atom is 0.342 e. The first-order valence-corrected chi connectivity index (χ1v) is 20.6. The maximum atomic E-state index is 13.6. The molecule has 4 aliphatic heterocycles. The van der Waals surface area contributed by atoms with Gasteiger partial charge >= 0.3 is 11.9 Å². The molecule has 2 aromatic carbocycles. The molecule has 65 heavy (non-hydrogen) atoms. The average Bonchev–Trinajstić information content (AvgIpc) is 3.89. The van der Waals surface area contributed by atoms with Crippen molar-refractivity contribution in [1.29, 1.82) is 5.26 Å². The van der Waals surface area contributed by atoms with Crippen LogP contribution in [0.3, 0.4) is 0 Å². The Labute approximate surface area is 370 Å². The fraction of sp³-hybridized carbons (Fsp3) is 0.558. The number of rotatable bonds is 16. The summed E-state index contributed by atoms with van der Waals surface area (Å²) in [5, 5.41) is 106. The lowest BCUT2D eigenvalue weighted by Gasteiger charge is -2.43. The highest BCUT2D eigenvalue weighted by atomic mass is 16.8. The van der Waals surface area contributed by atoms with E-state index >= 15 is 0 Å². The van der Waals surface area contributed by atoms with Crippen LogP contribution in [0.5, 0.6) is 5.75 Å². The summed E-state index contributed by atoms with van der Waals surface area (Å²) in [5.41, 5.74) is -1.35. The molecule has 0 aromatic heterocycles. The van der Waals surface area contributed by atoms with E-state index < -0.39 is 149 Å². The zero-order chi connectivity index (χ0) is 46.6. The Morgan fingerprint density at radius 1 is 0.815 bits per heavy atom. The van der Waals surface area contributed by atoms with Crippen molar-refractivity contribution in [3.8, 4) is 11.8 Å². The van der Waals surface area contributed by atoms with Crippen LogP contribution in [0.1, 0.15) is 28.4 Å². The Balaban J connectivity index is 0.937. The molecule has 22 heteroatoms. The van der Waals surface area contributed by atoms with Crippen LogP contribution in [0.25, 0.3) is 0 Å². The van der Waals surface area contributed by atoms with Gasteiger partial charge in [-0.2, -0.15) is 5.26 Å². The van der Waals surface area contributed by atoms with Gasteiger partial charge in [-0.1, -0.05) is 48.5 Å². The largest absolute Gasteiger partial charge is 0.496 e. The smallest absolute Gasteiger partial charge is 0.342 e. The van der Waals surface area contributed by atoms with Crippen molar-refractivity contribution < 1.29 is 103 Å². The number of aliphatic hydroxyl groups is 9. The molecule has 3 saturated heterocycles. The van der Waals surface area contributed by atoms with Crippen molar-refractivity contribution in [3.63, 3.8) is 0 Å². The lowest BCUT2D eigenvalue weighted by molar-refractivity contribution is -0.339. The van der Waals surface area contributed by atoms with E-state index in [1.54, 1.807) is 54.6 Å². The second-order valence-corrected chi connectivity index (χ2v) is 16.0. The first-order valence-electron chi connectivity index (χ1n) is 20.6. The van der Waals surface area contributed by atoms with Gasteiger partial charge in [0.2, 0.25) is 6.29 Å². The molecule has 0 saturated carbocycles. The lowest BCUT2D eigenvalue weighted by atomic mass is 9.83. The van der Waals surface area contributed by atoms with Gasteiger partial charge in [-0.05, 0) is 29.7 Å². The van der Waals surface area contributed by atoms with Crippen molar-refractivity contribution in [3.05, 3.63) is 89.2 Å². The van der Waals surface area contributed by atoms with E-state index in [0.717, 1.165) is 6.26 Å². The summed E-state index contributed by atoms with van der Waals surface area (Å²) in [6.45, 7) is -3.03. The molecule has 9 N–H and O–H groups in total. The number of hydrogen-bond acceptors (Lipinski definition) is 22. The van der Waals surface area contributed by atoms with E-state index in [1.807, 2.05) is 6.07 Å². The molecule has 3 unspecified atom stereocenters. The number of methoxy groups -OCH3 is 1. The molecule has 0 bridgehead atoms. The van der Waals surface area contributed by atoms with Crippen molar-refractivity contribution in [2.45, 2.75) is 98.2 Å². The van der Waals surface area contributed by atoms with Crippen molar-refractivity contribution in [2.75, 3.05) is 40.1 Å². The molecule has 3 fully saturated rings. The van der Waals surface area contributed by atoms with Gasteiger partial charge in [0.1, 0.15) is 79.5 Å². The standard InChI is InChI=1S/C43H51NO21/c1-56-25-10-6-5-9-23(25)37(53)57-16-27-30(46)33(49)35(51)41(64-27)65-39-29-21(14-45)11-12-22(29)24(15-58-39)38(54)60-18-43(55)19-61-42(36(43)52)59-17-28-31(47)32(48)34(50)40(63-28)62-26(13-44)20-7-3-2-4-8-20/h2-11,15,22,26-36,39-42,45-52,55H,12,14,16-19H2,1H3/t22?,26-,27+,28+,29?,30+,31+,32-,33-,34+,35+,36-,39?,40+,41-,42+,43+/m0/s1. The summed E-state index contributed by atoms with van der Waals surface area (Å²) in [5.74, 6) is -3.18. The van der Waals surface area contributed by atoms with E-state index in [2.05, 4.69) is 0 Å². The van der Waals surface area contributed by atoms with Crippen molar-refractivity contribution in [1.82, 2.24) is 0 Å². The van der Waals surface area contributed by atoms with Crippen molar-refractivity contribution in [2.24, 2.45) is 11.8 Å². The summed E-state index contributed by atoms with van der Waals surface area (Å²) in [4.78, 5) is 26.4. The molecule has 5 aliphatic rings. The average molecular weight is 918 g/mol. The lowest BCUT2D eigenvalue weighted by Crippen LogP contribution is -2.60. The number of nitriles is 1. The van der Waals surface area contributed by atoms with Gasteiger partial charge in [0.15, 0.2) is 30.6 Å². The molecule has 1 aliphatic carbocycles. The van der Waals surface area contributed by atoms with E-state index in [1.165, 1.54) is 13.2 Å². The summed E-state index contributed by atoms with van der Waals surface area (Å²) in [6.07, 6.45) is -19.7. The topological polar surface area (TPSA) is 332 Å². The molecule has 4 heterocycles. The molecule has 2 aromatic rings. The predicted molar refractivity (Wildman–Crippen MR) is 211 cm³/mol. The monoisotopic (exact) mass is 917 g/mol. The molecule has 17 atom stereocenters. The number of carbonyl (C=O) groups is 2. The minimum Gasteiger partial charge on any atom is -0.496 e. The summed E-state index contributed by atoms with van der Waals surface area (Å²) < 4.78 is 55.7. The highest BCUT2D eigenvalue weighted by Gasteiger charge is 2.53. The third kappa shape index (κ3) is 10.2. The quantitative estimate of drug-likeness (QED) is 0.0624. The fourth-order valence-corrected chi connectivity index (χ4v) is 8.15. The summed E-state index contributed by atoms with van der Waals surface area (Å²) in [7, 11) is 1.37. The number of ether oxygens (including phenoxy) is 10. The second-order valence-electron chi connectivity index (χ2n) is 16.0. The molecular formula is C43H51NO21. The minimum atomic E-state index is -2.22. The van der Waals surface area contributed by atoms with E-state index in [9.17, 15) is 60.8 Å². The number of hydrogen-bond donors (Lipinski definition) is 9. The van der Waals surface area contributed by atoms with Crippen LogP contribution in [0.2, 0.25) is 0 Å². The molecule has 0 spiro atoms. The number of para-hydroxylation sites is 1. The van der Waals surface area contributed by atoms with Gasteiger partial charge in [-0.3, -0.25) is 0 Å². The second kappa shape index (κ2) is 20.9. The van der Waals surface area contributed by atoms with Gasteiger partial charge < -0.3 is 93.3 Å². The van der Waals surface area contributed by atoms with Gasteiger partial charge in [0, 0.05) is 5.92 Å². The number of aliphatic hydroxyl groups excluding tert-OH is 8. The highest BCUT2D eigenvalue weighted by molar-refractivity contribution is 5.92. The van der Waals surface area contributed by atoms with Crippen LogP contribution in [-0.2, 0) is 47.4 Å². The molecule has 0 radical (unpaired) electrons. The summed E-state index contributed by atoms with van der Waals surface area (Å²) in [6, 6.07) is 16.5. The molecule has 0 amide bonds. The predicted octanol–water partition coefficient (Wildman–Crippen LogP) is -2.43. The molecule has 22 nitrogen and oxygen atoms in total. The normalized spacial score (nSPS) is 37.2. The minimum absolute atomic E-state index is 0.0482. The first-order chi connectivity index (χ1) is 31.2. The number of carbonyl (C=O) groups excluding carboxylic acids is 2. The Morgan fingerprint density at radius 2 is 1.48 bits per heavy atom. The van der Waals surface area contributed by atoms with E-state index in [4.69, 9.17) is 47.4 Å². The van der Waals surface area contributed by atoms with Crippen LogP contribution in [0.15, 0.2) is 78.1 Å². The zero-order valence-corrected chi connectivity index (χ0v) is 34.7. The number of nitrogens with zero attached hydrogens (tertiary/aromatic N) is 1. The zero-order valence-electron chi connectivity index (χ0n) is 34.7. The summed E-state index contributed by atoms with van der Waals surface area (Å²) >= 11 is 0. The van der Waals surface area contributed by atoms with Crippen molar-refractivity contribution >= 4 is 11.9 Å². The van der Waals surface area contributed by atoms with E-state index in [-0.39, 0.29) is 23.3 Å². The third-order valence-electron chi connectivity index (χ3n) is 11.9. The molecule has 354 valence electrons. The van der Waals surface area contributed by atoms with Gasteiger partial charge in [0.25, 0.3) is 0 Å². The fourth-order valence-electron chi connectivity index (χ4n) is 8.15. The molecule has 7 rings (SSSR count). The number of fused-ring (bicyclic) bond motifs is 1. The van der Waals surface area contributed by atoms with Crippen LogP contribution < -0.4 is 4.74 Å². The SMILES string of the molecule is COc1ccccc1C(=O)OC[C@H]1O[C@@H](OC2OC=C(C(=O)OC[C@@]3(O)CO[C@@H](OC[C@H]4O[C@@H](O[C@@H](C#N)c5ccccc5)[C@H](O)[C@@H](O)[C@@H]4O)[C@@H]3O)C3CC=C(CO)C23)[C@H](O)[C@@H](O)[C@@H]1O. The Bertz CT molecular complexity index is 2070. The Morgan fingerprint density at radius 3 is 2.17 bits per heavy atom. The van der Waals surface area contributed by atoms with Crippen LogP contribution in [0, 0.1) is 23.2 Å². The third-order valence-corrected chi connectivity index (χ3v) is 11.9. The maximum absolute atomic E-state index is 13.6. The van der Waals surface area contributed by atoms with Gasteiger partial charge in [-0.15, -0.1) is 0 Å². The van der Waals surface area contributed by atoms with Gasteiger partial charge in [0.05, 0.1) is 50.8 Å². The number of benzene rings is 2. The van der Waals surface area contributed by atoms with Gasteiger partial charge in [-0.25, -0.2) is 9.59 Å². The van der Waals surface area contributed by atoms with Crippen LogP contribution in [-0.4, -0.2) is 184 Å².